The number of anilines is 1. The molecule has 0 amide bonds. The van der Waals surface area contributed by atoms with Crippen molar-refractivity contribution < 1.29 is 0 Å². The van der Waals surface area contributed by atoms with E-state index in [1.807, 2.05) is 6.07 Å². The molecule has 0 radical (unpaired) electrons. The van der Waals surface area contributed by atoms with Crippen molar-refractivity contribution in [1.29, 1.82) is 0 Å². The van der Waals surface area contributed by atoms with Gasteiger partial charge in [0.1, 0.15) is 0 Å². The van der Waals surface area contributed by atoms with Crippen molar-refractivity contribution in [1.82, 2.24) is 4.98 Å². The molecule has 1 aliphatic carbocycles. The Hall–Kier alpha value is -0.280. The topological polar surface area (TPSA) is 24.9 Å². The number of hydrogen-bond acceptors (Lipinski definition) is 2. The number of halogens is 2. The van der Waals surface area contributed by atoms with Crippen LogP contribution in [-0.2, 0) is 0 Å². The minimum atomic E-state index is 0.144. The van der Waals surface area contributed by atoms with Gasteiger partial charge in [-0.25, -0.2) is 0 Å². The number of nitrogens with one attached hydrogen (secondary N) is 1. The molecule has 70 valence electrons. The van der Waals surface area contributed by atoms with E-state index in [0.29, 0.717) is 5.88 Å². The largest absolute Gasteiger partial charge is 0.377 e. The van der Waals surface area contributed by atoms with Gasteiger partial charge >= 0.3 is 0 Å². The molecule has 2 rings (SSSR count). The number of aromatic nitrogens is 1. The summed E-state index contributed by atoms with van der Waals surface area (Å²) in [5, 5.41) is 3.43. The summed E-state index contributed by atoms with van der Waals surface area (Å²) in [6, 6.07) is 1.96. The van der Waals surface area contributed by atoms with Crippen LogP contribution in [0, 0.1) is 0 Å². The zero-order chi connectivity index (χ0) is 9.31. The van der Waals surface area contributed by atoms with Gasteiger partial charge in [-0.05, 0) is 34.8 Å². The van der Waals surface area contributed by atoms with Gasteiger partial charge in [0.25, 0.3) is 0 Å². The van der Waals surface area contributed by atoms with Crippen LogP contribution in [0.3, 0.4) is 0 Å². The van der Waals surface area contributed by atoms with Crippen LogP contribution in [0.2, 0.25) is 0 Å². The van der Waals surface area contributed by atoms with Crippen molar-refractivity contribution in [2.45, 2.75) is 18.4 Å². The van der Waals surface area contributed by atoms with Gasteiger partial charge in [-0.1, -0.05) is 0 Å². The first-order valence-electron chi connectivity index (χ1n) is 4.19. The lowest BCUT2D eigenvalue weighted by molar-refractivity contribution is 0.836. The lowest BCUT2D eigenvalue weighted by Crippen LogP contribution is -2.23. The molecule has 1 N–H and O–H groups in total. The van der Waals surface area contributed by atoms with Crippen molar-refractivity contribution >= 4 is 33.2 Å². The molecule has 1 aliphatic rings. The SMILES string of the molecule is ClCC1(Nc2ccncc2Br)CC1. The average Bonchev–Trinajstić information content (AvgIpc) is 2.90. The third-order valence-electron chi connectivity index (χ3n) is 2.28. The predicted octanol–water partition coefficient (Wildman–Crippen LogP) is 3.03. The molecule has 1 heterocycles. The fourth-order valence-corrected chi connectivity index (χ4v) is 1.89. The minimum Gasteiger partial charge on any atom is -0.377 e. The minimum absolute atomic E-state index is 0.144. The van der Waals surface area contributed by atoms with Gasteiger partial charge in [0.05, 0.1) is 15.7 Å². The zero-order valence-electron chi connectivity index (χ0n) is 7.06. The molecular weight excluding hydrogens is 251 g/mol. The maximum Gasteiger partial charge on any atom is 0.0590 e. The van der Waals surface area contributed by atoms with Gasteiger partial charge in [-0.15, -0.1) is 11.6 Å². The molecule has 1 saturated carbocycles. The second kappa shape index (κ2) is 3.46. The van der Waals surface area contributed by atoms with E-state index in [1.165, 1.54) is 0 Å². The first kappa shape index (κ1) is 9.28. The van der Waals surface area contributed by atoms with Gasteiger partial charge in [-0.2, -0.15) is 0 Å². The average molecular weight is 262 g/mol. The normalized spacial score (nSPS) is 18.3. The fraction of sp³-hybridized carbons (Fsp3) is 0.444. The van der Waals surface area contributed by atoms with Crippen molar-refractivity contribution in [3.8, 4) is 0 Å². The molecule has 13 heavy (non-hydrogen) atoms. The van der Waals surface area contributed by atoms with Gasteiger partial charge in [0.2, 0.25) is 0 Å². The fourth-order valence-electron chi connectivity index (χ4n) is 1.21. The zero-order valence-corrected chi connectivity index (χ0v) is 9.40. The summed E-state index contributed by atoms with van der Waals surface area (Å²) in [4.78, 5) is 4.00. The summed E-state index contributed by atoms with van der Waals surface area (Å²) in [7, 11) is 0. The van der Waals surface area contributed by atoms with Crippen LogP contribution in [0.4, 0.5) is 5.69 Å². The summed E-state index contributed by atoms with van der Waals surface area (Å²) in [5.74, 6) is 0.668. The molecule has 0 bridgehead atoms. The molecule has 1 fully saturated rings. The van der Waals surface area contributed by atoms with Gasteiger partial charge < -0.3 is 5.32 Å². The smallest absolute Gasteiger partial charge is 0.0590 e. The molecule has 0 aliphatic heterocycles. The summed E-state index contributed by atoms with van der Waals surface area (Å²) < 4.78 is 0.992. The monoisotopic (exact) mass is 260 g/mol. The second-order valence-electron chi connectivity index (χ2n) is 3.39. The predicted molar refractivity (Wildman–Crippen MR) is 58.2 cm³/mol. The van der Waals surface area contributed by atoms with Crippen LogP contribution in [-0.4, -0.2) is 16.4 Å². The molecule has 0 aromatic carbocycles. The Kier molecular flexibility index (Phi) is 2.47. The summed E-state index contributed by atoms with van der Waals surface area (Å²) in [6.45, 7) is 0. The first-order chi connectivity index (χ1) is 6.26. The van der Waals surface area contributed by atoms with Crippen LogP contribution in [0.25, 0.3) is 0 Å². The second-order valence-corrected chi connectivity index (χ2v) is 4.52. The van der Waals surface area contributed by atoms with Crippen LogP contribution in [0.1, 0.15) is 12.8 Å². The Labute approximate surface area is 90.8 Å². The Balaban J connectivity index is 2.14. The molecule has 1 aromatic rings. The lowest BCUT2D eigenvalue weighted by atomic mass is 10.3. The van der Waals surface area contributed by atoms with Crippen LogP contribution in [0.5, 0.6) is 0 Å². The van der Waals surface area contributed by atoms with E-state index in [1.54, 1.807) is 12.4 Å². The highest BCUT2D eigenvalue weighted by Gasteiger charge is 2.41. The van der Waals surface area contributed by atoms with E-state index in [9.17, 15) is 0 Å². The van der Waals surface area contributed by atoms with E-state index >= 15 is 0 Å². The maximum atomic E-state index is 5.86. The maximum absolute atomic E-state index is 5.86. The molecular formula is C9H10BrClN2. The van der Waals surface area contributed by atoms with Gasteiger partial charge in [-0.3, -0.25) is 4.98 Å². The number of pyridine rings is 1. The van der Waals surface area contributed by atoms with E-state index in [-0.39, 0.29) is 5.54 Å². The van der Waals surface area contributed by atoms with Gasteiger partial charge in [0, 0.05) is 18.3 Å². The Morgan fingerprint density at radius 1 is 1.62 bits per heavy atom. The van der Waals surface area contributed by atoms with Crippen molar-refractivity contribution in [3.05, 3.63) is 22.9 Å². The molecule has 0 atom stereocenters. The van der Waals surface area contributed by atoms with Crippen LogP contribution in [0.15, 0.2) is 22.9 Å². The molecule has 0 unspecified atom stereocenters. The van der Waals surface area contributed by atoms with E-state index < -0.39 is 0 Å². The highest BCUT2D eigenvalue weighted by molar-refractivity contribution is 9.10. The first-order valence-corrected chi connectivity index (χ1v) is 5.52. The third kappa shape index (κ3) is 1.97. The lowest BCUT2D eigenvalue weighted by Gasteiger charge is -2.16. The Morgan fingerprint density at radius 3 is 2.92 bits per heavy atom. The molecule has 0 saturated heterocycles. The third-order valence-corrected chi connectivity index (χ3v) is 3.43. The standard InChI is InChI=1S/C9H10BrClN2/c10-7-5-12-4-1-8(7)13-9(6-11)2-3-9/h1,4-5H,2-3,6H2,(H,12,13). The van der Waals surface area contributed by atoms with Crippen LogP contribution < -0.4 is 5.32 Å². The van der Waals surface area contributed by atoms with E-state index in [0.717, 1.165) is 23.0 Å². The Morgan fingerprint density at radius 2 is 2.38 bits per heavy atom. The molecule has 4 heteroatoms. The number of nitrogens with zero attached hydrogens (tertiary/aromatic N) is 1. The molecule has 2 nitrogen and oxygen atoms in total. The highest BCUT2D eigenvalue weighted by atomic mass is 79.9. The van der Waals surface area contributed by atoms with Gasteiger partial charge in [0.15, 0.2) is 0 Å². The summed E-state index contributed by atoms with van der Waals surface area (Å²) in [6.07, 6.45) is 5.88. The summed E-state index contributed by atoms with van der Waals surface area (Å²) >= 11 is 9.30. The Bertz CT molecular complexity index is 312. The van der Waals surface area contributed by atoms with Crippen molar-refractivity contribution in [2.24, 2.45) is 0 Å². The quantitative estimate of drug-likeness (QED) is 0.846. The number of hydrogen-bond donors (Lipinski definition) is 1. The molecule has 1 aromatic heterocycles. The van der Waals surface area contributed by atoms with E-state index in [2.05, 4.69) is 26.2 Å². The summed E-state index contributed by atoms with van der Waals surface area (Å²) in [5.41, 5.74) is 1.22. The van der Waals surface area contributed by atoms with Crippen molar-refractivity contribution in [2.75, 3.05) is 11.2 Å². The highest BCUT2D eigenvalue weighted by Crippen LogP contribution is 2.41. The van der Waals surface area contributed by atoms with Crippen LogP contribution >= 0.6 is 27.5 Å². The number of rotatable bonds is 3. The van der Waals surface area contributed by atoms with Crippen molar-refractivity contribution in [3.63, 3.8) is 0 Å². The number of alkyl halides is 1. The van der Waals surface area contributed by atoms with E-state index in [4.69, 9.17) is 11.6 Å². The molecule has 0 spiro atoms.